The van der Waals surface area contributed by atoms with Crippen molar-refractivity contribution in [3.8, 4) is 22.8 Å². The number of nitrogens with zero attached hydrogens (tertiary/aromatic N) is 1. The lowest BCUT2D eigenvalue weighted by Crippen LogP contribution is -2.13. The molecule has 3 aliphatic rings. The summed E-state index contributed by atoms with van der Waals surface area (Å²) in [5, 5.41) is 3.79. The smallest absolute Gasteiger partial charge is 0.157 e. The first-order valence-corrected chi connectivity index (χ1v) is 12.7. The van der Waals surface area contributed by atoms with Crippen molar-refractivity contribution in [3.63, 3.8) is 0 Å². The summed E-state index contributed by atoms with van der Waals surface area (Å²) < 4.78 is 6.91. The Labute approximate surface area is 196 Å². The van der Waals surface area contributed by atoms with Gasteiger partial charge in [-0.2, -0.15) is 0 Å². The van der Waals surface area contributed by atoms with Crippen LogP contribution in [0.4, 0.5) is 0 Å². The molecule has 2 heterocycles. The van der Waals surface area contributed by atoms with Crippen molar-refractivity contribution < 1.29 is 4.74 Å². The lowest BCUT2D eigenvalue weighted by molar-refractivity contribution is 0.403. The first-order chi connectivity index (χ1) is 16.0. The number of para-hydroxylation sites is 1. The van der Waals surface area contributed by atoms with Gasteiger partial charge in [-0.25, -0.2) is 4.98 Å². The van der Waals surface area contributed by atoms with Crippen molar-refractivity contribution in [1.29, 1.82) is 0 Å². The van der Waals surface area contributed by atoms with Crippen LogP contribution in [-0.4, -0.2) is 4.98 Å². The molecule has 2 nitrogen and oxygen atoms in total. The Bertz CT molecular complexity index is 1430. The molecule has 2 saturated carbocycles. The van der Waals surface area contributed by atoms with Crippen LogP contribution >= 0.6 is 0 Å². The highest BCUT2D eigenvalue weighted by Crippen LogP contribution is 2.58. The Balaban J connectivity index is 1.53. The van der Waals surface area contributed by atoms with E-state index < -0.39 is 0 Å². The molecule has 0 radical (unpaired) electrons. The molecular formula is C31H31NO. The second-order valence-corrected chi connectivity index (χ2v) is 11.2. The van der Waals surface area contributed by atoms with Crippen LogP contribution in [0, 0.1) is 24.7 Å². The molecule has 4 aromatic rings. The Morgan fingerprint density at radius 3 is 2.70 bits per heavy atom. The van der Waals surface area contributed by atoms with Gasteiger partial charge < -0.3 is 4.74 Å². The minimum atomic E-state index is 0.589. The van der Waals surface area contributed by atoms with Crippen molar-refractivity contribution in [1.82, 2.24) is 4.98 Å². The Morgan fingerprint density at radius 1 is 1.03 bits per heavy atom. The average molecular weight is 434 g/mol. The van der Waals surface area contributed by atoms with Crippen LogP contribution in [0.2, 0.25) is 0 Å². The van der Waals surface area contributed by atoms with Crippen molar-refractivity contribution in [2.45, 2.75) is 58.8 Å². The van der Waals surface area contributed by atoms with E-state index in [1.807, 2.05) is 0 Å². The molecule has 1 aliphatic heterocycles. The van der Waals surface area contributed by atoms with E-state index in [0.29, 0.717) is 11.8 Å². The summed E-state index contributed by atoms with van der Waals surface area (Å²) in [5.74, 6) is 4.94. The van der Waals surface area contributed by atoms with Crippen molar-refractivity contribution >= 4 is 21.7 Å². The minimum Gasteiger partial charge on any atom is -0.454 e. The van der Waals surface area contributed by atoms with Crippen LogP contribution in [0.15, 0.2) is 48.5 Å². The largest absolute Gasteiger partial charge is 0.454 e. The number of pyridine rings is 1. The third kappa shape index (κ3) is 2.96. The van der Waals surface area contributed by atoms with Gasteiger partial charge in [-0.05, 0) is 91.0 Å². The van der Waals surface area contributed by atoms with Gasteiger partial charge in [0.15, 0.2) is 5.75 Å². The highest BCUT2D eigenvalue weighted by Gasteiger charge is 2.43. The highest BCUT2D eigenvalue weighted by atomic mass is 16.5. The summed E-state index contributed by atoms with van der Waals surface area (Å²) in [6, 6.07) is 18.0. The summed E-state index contributed by atoms with van der Waals surface area (Å²) in [6.45, 7) is 6.78. The van der Waals surface area contributed by atoms with Crippen LogP contribution in [-0.2, 0) is 6.42 Å². The molecule has 0 saturated heterocycles. The number of rotatable bonds is 3. The molecular weight excluding hydrogens is 402 g/mol. The predicted octanol–water partition coefficient (Wildman–Crippen LogP) is 8.57. The molecule has 2 fully saturated rings. The van der Waals surface area contributed by atoms with Crippen LogP contribution < -0.4 is 4.74 Å². The molecule has 3 unspecified atom stereocenters. The molecule has 3 atom stereocenters. The quantitative estimate of drug-likeness (QED) is 0.284. The second kappa shape index (κ2) is 7.06. The standard InChI is InChI=1S/C31H31NO/c1-17(2)10-20-14-22-11-18(3)12-25-28(22)27(16-20)33-31-29(24-15-19-8-9-21(24)13-19)23-6-4-5-7-26(23)32-30(25)31/h4-7,11-12,14,16-17,19,21,24H,8-10,13,15H2,1-3H3. The lowest BCUT2D eigenvalue weighted by atomic mass is 9.80. The lowest BCUT2D eigenvalue weighted by Gasteiger charge is -2.30. The van der Waals surface area contributed by atoms with Gasteiger partial charge in [-0.3, -0.25) is 0 Å². The summed E-state index contributed by atoms with van der Waals surface area (Å²) in [7, 11) is 0. The topological polar surface area (TPSA) is 22.1 Å². The molecule has 3 aromatic carbocycles. The van der Waals surface area contributed by atoms with Gasteiger partial charge in [0.25, 0.3) is 0 Å². The number of benzene rings is 3. The van der Waals surface area contributed by atoms with E-state index in [-0.39, 0.29) is 0 Å². The normalized spacial score (nSPS) is 22.8. The predicted molar refractivity (Wildman–Crippen MR) is 136 cm³/mol. The first-order valence-electron chi connectivity index (χ1n) is 12.7. The fraction of sp³-hybridized carbons (Fsp3) is 0.387. The Morgan fingerprint density at radius 2 is 1.91 bits per heavy atom. The molecule has 2 aliphatic carbocycles. The molecule has 0 N–H and O–H groups in total. The summed E-state index contributed by atoms with van der Waals surface area (Å²) in [4.78, 5) is 5.22. The highest BCUT2D eigenvalue weighted by molar-refractivity contribution is 6.06. The molecule has 33 heavy (non-hydrogen) atoms. The Hall–Kier alpha value is -2.87. The second-order valence-electron chi connectivity index (χ2n) is 11.2. The number of aryl methyl sites for hydroxylation is 1. The number of fused-ring (bicyclic) bond motifs is 5. The number of hydrogen-bond donors (Lipinski definition) is 0. The van der Waals surface area contributed by atoms with Crippen molar-refractivity contribution in [2.75, 3.05) is 0 Å². The van der Waals surface area contributed by atoms with Crippen LogP contribution in [0.1, 0.15) is 62.1 Å². The van der Waals surface area contributed by atoms with E-state index >= 15 is 0 Å². The van der Waals surface area contributed by atoms with Gasteiger partial charge >= 0.3 is 0 Å². The summed E-state index contributed by atoms with van der Waals surface area (Å²) in [5.41, 5.74) is 7.47. The van der Waals surface area contributed by atoms with Gasteiger partial charge in [0, 0.05) is 21.9 Å². The number of ether oxygens (including phenoxy) is 1. The van der Waals surface area contributed by atoms with E-state index in [1.54, 1.807) is 0 Å². The molecule has 0 amide bonds. The maximum atomic E-state index is 6.91. The summed E-state index contributed by atoms with van der Waals surface area (Å²) >= 11 is 0. The van der Waals surface area contributed by atoms with E-state index in [1.165, 1.54) is 64.1 Å². The molecule has 2 bridgehead atoms. The van der Waals surface area contributed by atoms with E-state index in [0.717, 1.165) is 41.0 Å². The molecule has 2 heteroatoms. The average Bonchev–Trinajstić information content (AvgIpc) is 3.41. The molecule has 1 aromatic heterocycles. The molecule has 0 spiro atoms. The van der Waals surface area contributed by atoms with Crippen LogP contribution in [0.5, 0.6) is 11.5 Å². The van der Waals surface area contributed by atoms with E-state index in [9.17, 15) is 0 Å². The fourth-order valence-corrected chi connectivity index (χ4v) is 7.12. The minimum absolute atomic E-state index is 0.589. The third-order valence-corrected chi connectivity index (χ3v) is 8.32. The van der Waals surface area contributed by atoms with Gasteiger partial charge in [0.05, 0.1) is 5.52 Å². The SMILES string of the molecule is Cc1cc2c3c(cc(CC(C)C)cc3c1)Oc1c-2nc2ccccc2c1C1CC2CCC1C2. The molecule has 166 valence electrons. The Kier molecular flexibility index (Phi) is 4.19. The van der Waals surface area contributed by atoms with Gasteiger partial charge in [-0.1, -0.05) is 50.6 Å². The summed E-state index contributed by atoms with van der Waals surface area (Å²) in [6.07, 6.45) is 6.53. The third-order valence-electron chi connectivity index (χ3n) is 8.32. The number of aromatic nitrogens is 1. The van der Waals surface area contributed by atoms with E-state index in [2.05, 4.69) is 69.3 Å². The van der Waals surface area contributed by atoms with Crippen molar-refractivity contribution in [2.24, 2.45) is 17.8 Å². The first kappa shape index (κ1) is 19.6. The van der Waals surface area contributed by atoms with Crippen molar-refractivity contribution in [3.05, 3.63) is 65.2 Å². The fourth-order valence-electron chi connectivity index (χ4n) is 7.12. The number of hydrogen-bond acceptors (Lipinski definition) is 2. The van der Waals surface area contributed by atoms with Crippen LogP contribution in [0.25, 0.3) is 32.9 Å². The zero-order chi connectivity index (χ0) is 22.3. The van der Waals surface area contributed by atoms with Crippen LogP contribution in [0.3, 0.4) is 0 Å². The van der Waals surface area contributed by atoms with Gasteiger partial charge in [0.1, 0.15) is 11.4 Å². The molecule has 7 rings (SSSR count). The zero-order valence-electron chi connectivity index (χ0n) is 19.8. The van der Waals surface area contributed by atoms with Gasteiger partial charge in [0.2, 0.25) is 0 Å². The zero-order valence-corrected chi connectivity index (χ0v) is 19.8. The van der Waals surface area contributed by atoms with Gasteiger partial charge in [-0.15, -0.1) is 0 Å². The maximum absolute atomic E-state index is 6.91. The maximum Gasteiger partial charge on any atom is 0.157 e. The monoisotopic (exact) mass is 433 g/mol. The van der Waals surface area contributed by atoms with E-state index in [4.69, 9.17) is 9.72 Å².